The molecule has 0 fully saturated rings. The Labute approximate surface area is 166 Å². The van der Waals surface area contributed by atoms with Crippen molar-refractivity contribution in [1.29, 1.82) is 0 Å². The number of hydrogen-bond donors (Lipinski definition) is 2. The van der Waals surface area contributed by atoms with E-state index >= 15 is 0 Å². The second-order valence-electron chi connectivity index (χ2n) is 6.43. The van der Waals surface area contributed by atoms with E-state index in [0.29, 0.717) is 11.3 Å². The lowest BCUT2D eigenvalue weighted by atomic mass is 10.1. The Kier molecular flexibility index (Phi) is 4.83. The van der Waals surface area contributed by atoms with Crippen LogP contribution in [-0.4, -0.2) is 17.3 Å². The van der Waals surface area contributed by atoms with E-state index in [-0.39, 0.29) is 40.6 Å². The number of ether oxygens (including phenoxy) is 2. The Balaban J connectivity index is 1.89. The minimum Gasteiger partial charge on any atom is -0.508 e. The summed E-state index contributed by atoms with van der Waals surface area (Å²) in [7, 11) is 1.56. The van der Waals surface area contributed by atoms with Crippen molar-refractivity contribution in [2.75, 3.05) is 7.11 Å². The summed E-state index contributed by atoms with van der Waals surface area (Å²) in [6, 6.07) is 18.7. The molecule has 0 bridgehead atoms. The van der Waals surface area contributed by atoms with Crippen molar-refractivity contribution in [2.24, 2.45) is 0 Å². The standard InChI is InChI=1S/C23H18O6/c1-27-17-9-7-15(8-10-17)22-23(28-13-14-5-3-2-4-6-14)21(26)20-18(25)11-16(24)12-19(20)29-22/h2-12,24-25H,13H2,1H3. The molecule has 4 aromatic rings. The molecule has 29 heavy (non-hydrogen) atoms. The highest BCUT2D eigenvalue weighted by Gasteiger charge is 2.21. The van der Waals surface area contributed by atoms with E-state index in [1.807, 2.05) is 30.3 Å². The molecule has 146 valence electrons. The topological polar surface area (TPSA) is 89.1 Å². The van der Waals surface area contributed by atoms with Crippen LogP contribution in [0.4, 0.5) is 0 Å². The first-order chi connectivity index (χ1) is 14.1. The van der Waals surface area contributed by atoms with Crippen LogP contribution in [0.1, 0.15) is 5.56 Å². The van der Waals surface area contributed by atoms with Crippen LogP contribution in [0, 0.1) is 0 Å². The minimum absolute atomic E-state index is 0.0208. The van der Waals surface area contributed by atoms with E-state index in [2.05, 4.69) is 0 Å². The summed E-state index contributed by atoms with van der Waals surface area (Å²) in [6.07, 6.45) is 0. The second kappa shape index (κ2) is 7.59. The molecule has 0 spiro atoms. The molecule has 0 radical (unpaired) electrons. The Bertz CT molecular complexity index is 1210. The van der Waals surface area contributed by atoms with Gasteiger partial charge in [-0.2, -0.15) is 0 Å². The summed E-state index contributed by atoms with van der Waals surface area (Å²) < 4.78 is 16.9. The lowest BCUT2D eigenvalue weighted by Crippen LogP contribution is -2.10. The number of phenols is 2. The zero-order chi connectivity index (χ0) is 20.4. The van der Waals surface area contributed by atoms with Crippen LogP contribution in [0.25, 0.3) is 22.3 Å². The summed E-state index contributed by atoms with van der Waals surface area (Å²) in [5, 5.41) is 19.9. The first kappa shape index (κ1) is 18.4. The molecule has 0 unspecified atom stereocenters. The van der Waals surface area contributed by atoms with Gasteiger partial charge in [0.15, 0.2) is 5.76 Å². The highest BCUT2D eigenvalue weighted by molar-refractivity contribution is 5.88. The molecule has 0 saturated heterocycles. The molecule has 0 aliphatic rings. The van der Waals surface area contributed by atoms with Crippen LogP contribution in [0.15, 0.2) is 75.9 Å². The fourth-order valence-corrected chi connectivity index (χ4v) is 3.06. The molecule has 2 N–H and O–H groups in total. The van der Waals surface area contributed by atoms with Crippen LogP contribution < -0.4 is 14.9 Å². The van der Waals surface area contributed by atoms with Gasteiger partial charge >= 0.3 is 0 Å². The van der Waals surface area contributed by atoms with E-state index in [4.69, 9.17) is 13.9 Å². The first-order valence-corrected chi connectivity index (χ1v) is 8.91. The Morgan fingerprint density at radius 3 is 2.38 bits per heavy atom. The van der Waals surface area contributed by atoms with Crippen LogP contribution >= 0.6 is 0 Å². The lowest BCUT2D eigenvalue weighted by Gasteiger charge is -2.13. The summed E-state index contributed by atoms with van der Waals surface area (Å²) in [4.78, 5) is 13.1. The Morgan fingerprint density at radius 1 is 0.966 bits per heavy atom. The van der Waals surface area contributed by atoms with Gasteiger partial charge in [-0.25, -0.2) is 0 Å². The molecule has 4 rings (SSSR count). The van der Waals surface area contributed by atoms with Gasteiger partial charge in [0.1, 0.15) is 34.8 Å². The van der Waals surface area contributed by atoms with E-state index in [1.165, 1.54) is 6.07 Å². The average Bonchev–Trinajstić information content (AvgIpc) is 2.73. The van der Waals surface area contributed by atoms with Crippen molar-refractivity contribution in [3.8, 4) is 34.3 Å². The third-order valence-electron chi connectivity index (χ3n) is 4.50. The summed E-state index contributed by atoms with van der Waals surface area (Å²) in [5.74, 6) is 0.244. The van der Waals surface area contributed by atoms with Crippen molar-refractivity contribution in [2.45, 2.75) is 6.61 Å². The van der Waals surface area contributed by atoms with Crippen LogP contribution in [-0.2, 0) is 6.61 Å². The zero-order valence-electron chi connectivity index (χ0n) is 15.6. The Morgan fingerprint density at radius 2 is 1.69 bits per heavy atom. The predicted octanol–water partition coefficient (Wildman–Crippen LogP) is 4.46. The maximum absolute atomic E-state index is 13.1. The molecular weight excluding hydrogens is 372 g/mol. The third kappa shape index (κ3) is 3.60. The maximum atomic E-state index is 13.1. The number of fused-ring (bicyclic) bond motifs is 1. The highest BCUT2D eigenvalue weighted by Crippen LogP contribution is 2.36. The molecule has 6 heteroatoms. The predicted molar refractivity (Wildman–Crippen MR) is 109 cm³/mol. The number of phenolic OH excluding ortho intramolecular Hbond substituents is 2. The third-order valence-corrected chi connectivity index (χ3v) is 4.50. The summed E-state index contributed by atoms with van der Waals surface area (Å²) in [5.41, 5.74) is 1.01. The first-order valence-electron chi connectivity index (χ1n) is 8.91. The molecule has 6 nitrogen and oxygen atoms in total. The van der Waals surface area contributed by atoms with Crippen molar-refractivity contribution >= 4 is 11.0 Å². The monoisotopic (exact) mass is 390 g/mol. The minimum atomic E-state index is -0.523. The van der Waals surface area contributed by atoms with Gasteiger partial charge < -0.3 is 24.1 Å². The largest absolute Gasteiger partial charge is 0.508 e. The fraction of sp³-hybridized carbons (Fsp3) is 0.0870. The van der Waals surface area contributed by atoms with Crippen LogP contribution in [0.2, 0.25) is 0 Å². The molecule has 0 aliphatic carbocycles. The molecule has 0 atom stereocenters. The van der Waals surface area contributed by atoms with Crippen molar-refractivity contribution in [3.05, 3.63) is 82.5 Å². The summed E-state index contributed by atoms with van der Waals surface area (Å²) in [6.45, 7) is 0.152. The van der Waals surface area contributed by atoms with Crippen LogP contribution in [0.5, 0.6) is 23.0 Å². The lowest BCUT2D eigenvalue weighted by molar-refractivity contribution is 0.297. The maximum Gasteiger partial charge on any atom is 0.239 e. The van der Waals surface area contributed by atoms with Gasteiger partial charge in [-0.15, -0.1) is 0 Å². The van der Waals surface area contributed by atoms with Gasteiger partial charge in [-0.05, 0) is 29.8 Å². The second-order valence-corrected chi connectivity index (χ2v) is 6.43. The molecule has 1 heterocycles. The van der Waals surface area contributed by atoms with Crippen LogP contribution in [0.3, 0.4) is 0 Å². The number of aromatic hydroxyl groups is 2. The van der Waals surface area contributed by atoms with Crippen molar-refractivity contribution in [3.63, 3.8) is 0 Å². The fourth-order valence-electron chi connectivity index (χ4n) is 3.06. The van der Waals surface area contributed by atoms with Crippen molar-refractivity contribution in [1.82, 2.24) is 0 Å². The van der Waals surface area contributed by atoms with E-state index in [0.717, 1.165) is 11.6 Å². The normalized spacial score (nSPS) is 10.8. The Hall–Kier alpha value is -3.93. The number of rotatable bonds is 5. The number of methoxy groups -OCH3 is 1. The van der Waals surface area contributed by atoms with Crippen molar-refractivity contribution < 1.29 is 24.1 Å². The van der Waals surface area contributed by atoms with Gasteiger partial charge in [0.05, 0.1) is 7.11 Å². The molecular formula is C23H18O6. The molecule has 1 aromatic heterocycles. The molecule has 0 saturated carbocycles. The van der Waals surface area contributed by atoms with Gasteiger partial charge in [0, 0.05) is 17.7 Å². The van der Waals surface area contributed by atoms with E-state index < -0.39 is 5.43 Å². The van der Waals surface area contributed by atoms with E-state index in [1.54, 1.807) is 31.4 Å². The highest BCUT2D eigenvalue weighted by atomic mass is 16.5. The van der Waals surface area contributed by atoms with Gasteiger partial charge in [0.25, 0.3) is 0 Å². The number of hydrogen-bond acceptors (Lipinski definition) is 6. The average molecular weight is 390 g/mol. The molecule has 3 aromatic carbocycles. The molecule has 0 aliphatic heterocycles. The summed E-state index contributed by atoms with van der Waals surface area (Å²) >= 11 is 0. The smallest absolute Gasteiger partial charge is 0.239 e. The van der Waals surface area contributed by atoms with E-state index in [9.17, 15) is 15.0 Å². The molecule has 0 amide bonds. The van der Waals surface area contributed by atoms with Gasteiger partial charge in [-0.3, -0.25) is 4.79 Å². The SMILES string of the molecule is COc1ccc(-c2oc3cc(O)cc(O)c3c(=O)c2OCc2ccccc2)cc1. The number of benzene rings is 3. The van der Waals surface area contributed by atoms with Gasteiger partial charge in [0.2, 0.25) is 11.2 Å². The van der Waals surface area contributed by atoms with Gasteiger partial charge in [-0.1, -0.05) is 30.3 Å². The quantitative estimate of drug-likeness (QED) is 0.523. The zero-order valence-corrected chi connectivity index (χ0v) is 15.6.